The minimum absolute atomic E-state index is 0.316. The molecule has 7 nitrogen and oxygen atoms in total. The van der Waals surface area contributed by atoms with Gasteiger partial charge in [0.1, 0.15) is 17.4 Å². The molecule has 0 radical (unpaired) electrons. The number of carbonyl (C=O) groups is 2. The summed E-state index contributed by atoms with van der Waals surface area (Å²) in [7, 11) is 1.65. The number of rotatable bonds is 7. The van der Waals surface area contributed by atoms with Crippen molar-refractivity contribution < 1.29 is 23.1 Å². The lowest BCUT2D eigenvalue weighted by atomic mass is 10.2. The van der Waals surface area contributed by atoms with Gasteiger partial charge in [-0.25, -0.2) is 8.78 Å². The first-order chi connectivity index (χ1) is 15.0. The number of hydrogen-bond donors (Lipinski definition) is 2. The van der Waals surface area contributed by atoms with Crippen molar-refractivity contribution in [1.29, 1.82) is 0 Å². The second-order valence-corrected chi connectivity index (χ2v) is 7.21. The van der Waals surface area contributed by atoms with Crippen LogP contribution in [0.15, 0.2) is 42.5 Å². The zero-order chi connectivity index (χ0) is 22.2. The van der Waals surface area contributed by atoms with E-state index >= 15 is 0 Å². The van der Waals surface area contributed by atoms with E-state index in [4.69, 9.17) is 4.74 Å². The monoisotopic (exact) mass is 432 g/mol. The molecule has 2 N–H and O–H groups in total. The molecule has 0 bridgehead atoms. The van der Waals surface area contributed by atoms with E-state index < -0.39 is 23.4 Å². The van der Waals surface area contributed by atoms with Gasteiger partial charge in [0.25, 0.3) is 0 Å². The third kappa shape index (κ3) is 6.39. The first-order valence-electron chi connectivity index (χ1n) is 10.1. The van der Waals surface area contributed by atoms with E-state index in [-0.39, 0.29) is 5.69 Å². The summed E-state index contributed by atoms with van der Waals surface area (Å²) in [6.07, 6.45) is 0.676. The lowest BCUT2D eigenvalue weighted by Crippen LogP contribution is -2.47. The van der Waals surface area contributed by atoms with Crippen molar-refractivity contribution in [2.45, 2.75) is 6.42 Å². The lowest BCUT2D eigenvalue weighted by Gasteiger charge is -2.36. The molecule has 3 rings (SSSR count). The number of hydrogen-bond acceptors (Lipinski definition) is 5. The zero-order valence-electron chi connectivity index (χ0n) is 17.4. The maximum Gasteiger partial charge on any atom is 0.313 e. The fourth-order valence-electron chi connectivity index (χ4n) is 3.38. The van der Waals surface area contributed by atoms with Gasteiger partial charge in [-0.3, -0.25) is 14.5 Å². The molecule has 1 saturated heterocycles. The summed E-state index contributed by atoms with van der Waals surface area (Å²) in [6.45, 7) is 4.71. The Hall–Kier alpha value is -3.20. The van der Waals surface area contributed by atoms with E-state index in [0.717, 1.165) is 62.4 Å². The normalized spacial score (nSPS) is 14.2. The van der Waals surface area contributed by atoms with Crippen molar-refractivity contribution in [2.24, 2.45) is 0 Å². The molecule has 2 aromatic carbocycles. The van der Waals surface area contributed by atoms with E-state index in [1.807, 2.05) is 24.3 Å². The summed E-state index contributed by atoms with van der Waals surface area (Å²) in [5, 5.41) is 4.58. The Kier molecular flexibility index (Phi) is 7.77. The number of methoxy groups -OCH3 is 1. The Morgan fingerprint density at radius 2 is 1.71 bits per heavy atom. The third-order valence-electron chi connectivity index (χ3n) is 5.13. The third-order valence-corrected chi connectivity index (χ3v) is 5.13. The van der Waals surface area contributed by atoms with Crippen molar-refractivity contribution in [1.82, 2.24) is 10.2 Å². The topological polar surface area (TPSA) is 73.9 Å². The molecule has 0 aliphatic carbocycles. The number of ether oxygens (including phenoxy) is 1. The molecule has 1 fully saturated rings. The molecule has 0 spiro atoms. The molecule has 2 aromatic rings. The summed E-state index contributed by atoms with van der Waals surface area (Å²) in [5.74, 6) is -2.59. The van der Waals surface area contributed by atoms with Crippen molar-refractivity contribution in [2.75, 3.05) is 56.6 Å². The van der Waals surface area contributed by atoms with Crippen molar-refractivity contribution >= 4 is 23.2 Å². The fourth-order valence-corrected chi connectivity index (χ4v) is 3.38. The fraction of sp³-hybridized carbons (Fsp3) is 0.364. The zero-order valence-corrected chi connectivity index (χ0v) is 17.4. The van der Waals surface area contributed by atoms with Gasteiger partial charge in [-0.05, 0) is 49.4 Å². The van der Waals surface area contributed by atoms with Crippen LogP contribution < -0.4 is 20.3 Å². The smallest absolute Gasteiger partial charge is 0.313 e. The number of halogens is 2. The van der Waals surface area contributed by atoms with Crippen LogP contribution in [0.25, 0.3) is 0 Å². The first-order valence-corrected chi connectivity index (χ1v) is 10.1. The molecular weight excluding hydrogens is 406 g/mol. The van der Waals surface area contributed by atoms with Crippen LogP contribution in [0.4, 0.5) is 20.2 Å². The Morgan fingerprint density at radius 1 is 1.00 bits per heavy atom. The molecule has 1 aliphatic rings. The highest BCUT2D eigenvalue weighted by Crippen LogP contribution is 2.20. The molecule has 0 atom stereocenters. The van der Waals surface area contributed by atoms with Crippen LogP contribution in [-0.4, -0.2) is 63.1 Å². The molecule has 0 saturated carbocycles. The molecule has 0 unspecified atom stereocenters. The quantitative estimate of drug-likeness (QED) is 0.519. The molecule has 1 aliphatic heterocycles. The minimum atomic E-state index is -1.03. The molecule has 9 heteroatoms. The van der Waals surface area contributed by atoms with E-state index in [9.17, 15) is 18.4 Å². The number of nitrogens with one attached hydrogen (secondary N) is 2. The Morgan fingerprint density at radius 3 is 2.39 bits per heavy atom. The van der Waals surface area contributed by atoms with Crippen LogP contribution in [0.3, 0.4) is 0 Å². The van der Waals surface area contributed by atoms with Gasteiger partial charge in [0.2, 0.25) is 0 Å². The number of amides is 2. The second kappa shape index (κ2) is 10.7. The van der Waals surface area contributed by atoms with Crippen molar-refractivity contribution in [3.8, 4) is 5.75 Å². The van der Waals surface area contributed by atoms with E-state index in [1.165, 1.54) is 0 Å². The van der Waals surface area contributed by atoms with Crippen molar-refractivity contribution in [3.63, 3.8) is 0 Å². The van der Waals surface area contributed by atoms with Crippen LogP contribution >= 0.6 is 0 Å². The molecule has 31 heavy (non-hydrogen) atoms. The van der Waals surface area contributed by atoms with Gasteiger partial charge >= 0.3 is 11.8 Å². The number of piperazine rings is 1. The van der Waals surface area contributed by atoms with Gasteiger partial charge < -0.3 is 20.3 Å². The number of anilines is 2. The van der Waals surface area contributed by atoms with Gasteiger partial charge in [0, 0.05) is 44.5 Å². The lowest BCUT2D eigenvalue weighted by molar-refractivity contribution is -0.136. The minimum Gasteiger partial charge on any atom is -0.497 e. The number of carbonyl (C=O) groups excluding carboxylic acids is 2. The predicted molar refractivity (Wildman–Crippen MR) is 114 cm³/mol. The molecule has 0 aromatic heterocycles. The molecule has 1 heterocycles. The Balaban J connectivity index is 1.34. The van der Waals surface area contributed by atoms with Crippen LogP contribution in [0.1, 0.15) is 6.42 Å². The average Bonchev–Trinajstić information content (AvgIpc) is 2.79. The summed E-state index contributed by atoms with van der Waals surface area (Å²) < 4.78 is 31.9. The predicted octanol–water partition coefficient (Wildman–Crippen LogP) is 2.24. The average molecular weight is 432 g/mol. The highest BCUT2D eigenvalue weighted by atomic mass is 19.1. The highest BCUT2D eigenvalue weighted by Gasteiger charge is 2.18. The Bertz CT molecular complexity index is 900. The summed E-state index contributed by atoms with van der Waals surface area (Å²) >= 11 is 0. The van der Waals surface area contributed by atoms with Gasteiger partial charge in [-0.2, -0.15) is 0 Å². The number of nitrogens with zero attached hydrogens (tertiary/aromatic N) is 2. The van der Waals surface area contributed by atoms with Gasteiger partial charge in [-0.1, -0.05) is 0 Å². The molecule has 2 amide bonds. The van der Waals surface area contributed by atoms with Gasteiger partial charge in [0.15, 0.2) is 0 Å². The highest BCUT2D eigenvalue weighted by molar-refractivity contribution is 6.39. The standard InChI is InChI=1S/C22H26F2N4O3/c1-31-18-6-4-17(5-7-18)28-13-11-27(12-14-28)10-2-9-25-21(29)22(30)26-20-15-16(23)3-8-19(20)24/h3-8,15H,2,9-14H2,1H3,(H,25,29)(H,26,30). The number of benzene rings is 2. The van der Waals surface area contributed by atoms with Gasteiger partial charge in [0.05, 0.1) is 12.8 Å². The Labute approximate surface area is 180 Å². The van der Waals surface area contributed by atoms with Crippen LogP contribution in [0.2, 0.25) is 0 Å². The van der Waals surface area contributed by atoms with Crippen molar-refractivity contribution in [3.05, 3.63) is 54.1 Å². The van der Waals surface area contributed by atoms with Crippen LogP contribution in [0.5, 0.6) is 5.75 Å². The summed E-state index contributed by atoms with van der Waals surface area (Å²) in [6, 6.07) is 10.6. The van der Waals surface area contributed by atoms with E-state index in [0.29, 0.717) is 13.0 Å². The molecular formula is C22H26F2N4O3. The van der Waals surface area contributed by atoms with Crippen LogP contribution in [0, 0.1) is 11.6 Å². The summed E-state index contributed by atoms with van der Waals surface area (Å²) in [4.78, 5) is 28.3. The SMILES string of the molecule is COc1ccc(N2CCN(CCCNC(=O)C(=O)Nc3cc(F)ccc3F)CC2)cc1. The van der Waals surface area contributed by atoms with Gasteiger partial charge in [-0.15, -0.1) is 0 Å². The first kappa shape index (κ1) is 22.5. The van der Waals surface area contributed by atoms with E-state index in [2.05, 4.69) is 20.4 Å². The maximum atomic E-state index is 13.5. The van der Waals surface area contributed by atoms with E-state index in [1.54, 1.807) is 7.11 Å². The second-order valence-electron chi connectivity index (χ2n) is 7.21. The maximum absolute atomic E-state index is 13.5. The van der Waals surface area contributed by atoms with Crippen LogP contribution in [-0.2, 0) is 9.59 Å². The largest absolute Gasteiger partial charge is 0.497 e. The summed E-state index contributed by atoms with van der Waals surface area (Å²) in [5.41, 5.74) is 0.795. The molecule has 166 valence electrons.